The van der Waals surface area contributed by atoms with E-state index < -0.39 is 28.7 Å². The molecule has 27 heavy (non-hydrogen) atoms. The maximum Gasteiger partial charge on any atom is 0.371 e. The number of halogens is 4. The van der Waals surface area contributed by atoms with Crippen molar-refractivity contribution in [1.29, 1.82) is 0 Å². The van der Waals surface area contributed by atoms with Crippen LogP contribution in [0.2, 0.25) is 0 Å². The molecule has 0 aromatic heterocycles. The van der Waals surface area contributed by atoms with Crippen LogP contribution >= 0.6 is 0 Å². The Morgan fingerprint density at radius 1 is 1.04 bits per heavy atom. The molecule has 1 atom stereocenters. The Labute approximate surface area is 158 Å². The third-order valence-corrected chi connectivity index (χ3v) is 7.18. The molecule has 4 aliphatic rings. The number of hydrogen-bond acceptors (Lipinski definition) is 4. The minimum Gasteiger partial charge on any atom is -0.768 e. The lowest BCUT2D eigenvalue weighted by molar-refractivity contribution is -0.163. The molecule has 4 fully saturated rings. The number of carbonyl (C=O) groups is 1. The number of alkyl halides is 4. The lowest BCUT2D eigenvalue weighted by Crippen LogP contribution is -2.47. The first-order chi connectivity index (χ1) is 12.5. The second-order valence-electron chi connectivity index (χ2n) is 8.73. The van der Waals surface area contributed by atoms with Crippen LogP contribution in [0.15, 0.2) is 0 Å². The quantitative estimate of drug-likeness (QED) is 0.243. The lowest BCUT2D eigenvalue weighted by atomic mass is 9.49. The molecule has 4 rings (SSSR count). The molecule has 0 aromatic rings. The van der Waals surface area contributed by atoms with Crippen molar-refractivity contribution in [3.05, 3.63) is 0 Å². The van der Waals surface area contributed by atoms with Crippen LogP contribution in [0.1, 0.15) is 64.2 Å². The van der Waals surface area contributed by atoms with E-state index in [-0.39, 0.29) is 30.8 Å². The summed E-state index contributed by atoms with van der Waals surface area (Å²) in [5.74, 6) is -2.86. The Balaban J connectivity index is 1.38. The molecule has 0 amide bonds. The summed E-state index contributed by atoms with van der Waals surface area (Å²) in [6.07, 6.45) is 5.67. The summed E-state index contributed by atoms with van der Waals surface area (Å²) in [5, 5.41) is -5.10. The fourth-order valence-corrected chi connectivity index (χ4v) is 6.11. The minimum atomic E-state index is -5.10. The molecule has 1 unspecified atom stereocenters. The number of unbranched alkanes of at least 4 members (excludes halogenated alkanes) is 1. The molecule has 4 aliphatic carbocycles. The second kappa shape index (κ2) is 7.61. The van der Waals surface area contributed by atoms with Crippen LogP contribution in [-0.2, 0) is 20.6 Å². The molecule has 0 aliphatic heterocycles. The number of hydrogen-bond donors (Lipinski definition) is 0. The van der Waals surface area contributed by atoms with Crippen molar-refractivity contribution in [2.24, 2.45) is 23.2 Å². The molecule has 9 heteroatoms. The van der Waals surface area contributed by atoms with E-state index in [0.717, 1.165) is 19.3 Å². The van der Waals surface area contributed by atoms with Gasteiger partial charge in [-0.15, -0.1) is 0 Å². The van der Waals surface area contributed by atoms with Gasteiger partial charge >= 0.3 is 17.1 Å². The van der Waals surface area contributed by atoms with Gasteiger partial charge in [-0.25, -0.2) is 0 Å². The monoisotopic (exact) mass is 413 g/mol. The van der Waals surface area contributed by atoms with Gasteiger partial charge in [-0.3, -0.25) is 9.00 Å². The minimum absolute atomic E-state index is 0.0101. The molecular formula is C18H25F4O4S-. The van der Waals surface area contributed by atoms with Gasteiger partial charge in [0.2, 0.25) is 0 Å². The summed E-state index contributed by atoms with van der Waals surface area (Å²) in [5.41, 5.74) is 0.0269. The van der Waals surface area contributed by atoms with Gasteiger partial charge in [-0.1, -0.05) is 0 Å². The zero-order valence-electron chi connectivity index (χ0n) is 15.1. The van der Waals surface area contributed by atoms with Crippen molar-refractivity contribution in [2.45, 2.75) is 75.4 Å². The van der Waals surface area contributed by atoms with E-state index in [1.54, 1.807) is 0 Å². The highest BCUT2D eigenvalue weighted by atomic mass is 32.2. The van der Waals surface area contributed by atoms with E-state index in [0.29, 0.717) is 24.2 Å². The molecule has 0 spiro atoms. The molecule has 4 saturated carbocycles. The molecule has 0 N–H and O–H groups in total. The van der Waals surface area contributed by atoms with E-state index in [1.165, 1.54) is 19.3 Å². The molecule has 0 saturated heterocycles. The third kappa shape index (κ3) is 4.49. The number of carbonyl (C=O) groups excluding carboxylic acids is 1. The van der Waals surface area contributed by atoms with Crippen LogP contribution in [0.4, 0.5) is 17.6 Å². The summed E-state index contributed by atoms with van der Waals surface area (Å²) in [4.78, 5) is 12.2. The van der Waals surface area contributed by atoms with Crippen LogP contribution in [0.5, 0.6) is 0 Å². The average molecular weight is 413 g/mol. The van der Waals surface area contributed by atoms with Gasteiger partial charge in [0.1, 0.15) is 0 Å². The first-order valence-corrected chi connectivity index (χ1v) is 10.6. The van der Waals surface area contributed by atoms with E-state index in [4.69, 9.17) is 4.74 Å². The molecule has 4 nitrogen and oxygen atoms in total. The van der Waals surface area contributed by atoms with Crippen molar-refractivity contribution in [3.8, 4) is 0 Å². The first-order valence-electron chi connectivity index (χ1n) is 9.54. The van der Waals surface area contributed by atoms with Crippen molar-refractivity contribution in [1.82, 2.24) is 0 Å². The largest absolute Gasteiger partial charge is 0.768 e. The fraction of sp³-hybridized carbons (Fsp3) is 0.944. The van der Waals surface area contributed by atoms with Gasteiger partial charge in [-0.2, -0.15) is 17.6 Å². The highest BCUT2D eigenvalue weighted by molar-refractivity contribution is 7.80. The summed E-state index contributed by atoms with van der Waals surface area (Å²) >= 11 is -4.19. The SMILES string of the molecule is O=C(CC12CC3CC(CC(C3)C1)C2)OCCCCC(F)(F)C(F)(F)S(=O)[O-]. The van der Waals surface area contributed by atoms with E-state index in [1.807, 2.05) is 0 Å². The number of esters is 1. The summed E-state index contributed by atoms with van der Waals surface area (Å²) in [7, 11) is 0. The fourth-order valence-electron chi connectivity index (χ4n) is 5.77. The topological polar surface area (TPSA) is 66.4 Å². The van der Waals surface area contributed by atoms with Gasteiger partial charge in [0, 0.05) is 17.5 Å². The van der Waals surface area contributed by atoms with E-state index in [2.05, 4.69) is 0 Å². The van der Waals surface area contributed by atoms with Crippen molar-refractivity contribution >= 4 is 17.0 Å². The lowest BCUT2D eigenvalue weighted by Gasteiger charge is -2.56. The predicted octanol–water partition coefficient (Wildman–Crippen LogP) is 4.41. The Bertz CT molecular complexity index is 561. The highest BCUT2D eigenvalue weighted by Gasteiger charge is 2.57. The van der Waals surface area contributed by atoms with Gasteiger partial charge in [0.25, 0.3) is 0 Å². The third-order valence-electron chi connectivity index (χ3n) is 6.47. The molecule has 156 valence electrons. The zero-order chi connectivity index (χ0) is 19.9. The Morgan fingerprint density at radius 3 is 2.04 bits per heavy atom. The van der Waals surface area contributed by atoms with Crippen LogP contribution < -0.4 is 0 Å². The standard InChI is InChI=1S/C18H26F4O4S/c19-17(20,18(21,22)27(24)25)3-1-2-4-26-15(23)11-16-8-12-5-13(9-16)7-14(6-12)10-16/h12-14H,1-11H2,(H,24,25)/p-1. The highest BCUT2D eigenvalue weighted by Crippen LogP contribution is 2.61. The smallest absolute Gasteiger partial charge is 0.371 e. The molecule has 4 bridgehead atoms. The van der Waals surface area contributed by atoms with Crippen LogP contribution in [0.25, 0.3) is 0 Å². The molecule has 0 heterocycles. The molecular weight excluding hydrogens is 388 g/mol. The van der Waals surface area contributed by atoms with Gasteiger partial charge in [0.15, 0.2) is 0 Å². The number of ether oxygens (including phenoxy) is 1. The van der Waals surface area contributed by atoms with Crippen LogP contribution in [0.3, 0.4) is 0 Å². The van der Waals surface area contributed by atoms with E-state index in [9.17, 15) is 31.1 Å². The van der Waals surface area contributed by atoms with Crippen molar-refractivity contribution in [3.63, 3.8) is 0 Å². The van der Waals surface area contributed by atoms with Gasteiger partial charge in [0.05, 0.1) is 13.0 Å². The van der Waals surface area contributed by atoms with Crippen LogP contribution in [0, 0.1) is 23.2 Å². The second-order valence-corrected chi connectivity index (χ2v) is 9.71. The Kier molecular flexibility index (Phi) is 5.93. The van der Waals surface area contributed by atoms with E-state index >= 15 is 0 Å². The molecule has 0 aromatic carbocycles. The van der Waals surface area contributed by atoms with Gasteiger partial charge in [-0.05, 0) is 74.5 Å². The Morgan fingerprint density at radius 2 is 1.56 bits per heavy atom. The predicted molar refractivity (Wildman–Crippen MR) is 88.8 cm³/mol. The zero-order valence-corrected chi connectivity index (χ0v) is 15.9. The normalized spacial score (nSPS) is 33.9. The number of rotatable bonds is 9. The van der Waals surface area contributed by atoms with Crippen molar-refractivity contribution < 1.29 is 35.9 Å². The summed E-state index contributed by atoms with van der Waals surface area (Å²) in [6, 6.07) is 0. The van der Waals surface area contributed by atoms with Gasteiger partial charge < -0.3 is 9.29 Å². The summed E-state index contributed by atoms with van der Waals surface area (Å²) in [6.45, 7) is -0.118. The van der Waals surface area contributed by atoms with Crippen molar-refractivity contribution in [2.75, 3.05) is 6.61 Å². The Hall–Kier alpha value is -0.700. The first kappa shape index (κ1) is 21.0. The maximum absolute atomic E-state index is 13.3. The summed E-state index contributed by atoms with van der Waals surface area (Å²) < 4.78 is 78.0. The average Bonchev–Trinajstić information content (AvgIpc) is 2.52. The maximum atomic E-state index is 13.3. The van der Waals surface area contributed by atoms with Crippen LogP contribution in [-0.4, -0.2) is 32.5 Å². The molecule has 0 radical (unpaired) electrons.